The minimum Gasteiger partial charge on any atom is -0.297 e. The molecule has 22 heavy (non-hydrogen) atoms. The van der Waals surface area contributed by atoms with Gasteiger partial charge in [0.05, 0.1) is 5.75 Å². The van der Waals surface area contributed by atoms with Gasteiger partial charge in [0.15, 0.2) is 0 Å². The van der Waals surface area contributed by atoms with Gasteiger partial charge in [-0.15, -0.1) is 0 Å². The number of hydrogen-bond acceptors (Lipinski definition) is 3. The Morgan fingerprint density at radius 2 is 1.77 bits per heavy atom. The highest BCUT2D eigenvalue weighted by Gasteiger charge is 2.30. The predicted octanol–water partition coefficient (Wildman–Crippen LogP) is 2.41. The van der Waals surface area contributed by atoms with Gasteiger partial charge in [0.25, 0.3) is 0 Å². The number of sulfonamides is 1. The minimum atomic E-state index is -3.19. The number of hydrogen-bond donors (Lipinski definition) is 1. The zero-order valence-corrected chi connectivity index (χ0v) is 14.5. The van der Waals surface area contributed by atoms with E-state index in [1.54, 1.807) is 0 Å². The highest BCUT2D eigenvalue weighted by Crippen LogP contribution is 2.20. The summed E-state index contributed by atoms with van der Waals surface area (Å²) in [5.74, 6) is 0.192. The van der Waals surface area contributed by atoms with Crippen molar-refractivity contribution in [3.63, 3.8) is 0 Å². The monoisotopic (exact) mass is 324 g/mol. The molecule has 1 aliphatic heterocycles. The molecule has 1 fully saturated rings. The third-order valence-corrected chi connectivity index (χ3v) is 5.82. The van der Waals surface area contributed by atoms with E-state index in [2.05, 4.69) is 23.5 Å². The molecule has 1 saturated heterocycles. The number of nitrogens with zero attached hydrogens (tertiary/aromatic N) is 1. The van der Waals surface area contributed by atoms with Crippen LogP contribution in [0.5, 0.6) is 0 Å². The Hall–Kier alpha value is -0.910. The Labute approximate surface area is 135 Å². The molecule has 0 saturated carbocycles. The molecular formula is C17H28N2O2S. The Morgan fingerprint density at radius 3 is 2.41 bits per heavy atom. The summed E-state index contributed by atoms with van der Waals surface area (Å²) in [6.45, 7) is 6.86. The molecule has 0 amide bonds. The SMILES string of the molecule is CC(C)(CNS(=O)(=O)CCCc1ccccc1)N1CCCC1. The maximum Gasteiger partial charge on any atom is 0.211 e. The van der Waals surface area contributed by atoms with Gasteiger partial charge in [-0.05, 0) is 58.2 Å². The first-order valence-electron chi connectivity index (χ1n) is 8.15. The fourth-order valence-corrected chi connectivity index (χ4v) is 4.15. The molecular weight excluding hydrogens is 296 g/mol. The Balaban J connectivity index is 1.76. The molecule has 0 spiro atoms. The Bertz CT molecular complexity index is 549. The standard InChI is InChI=1S/C17H28N2O2S/c1-17(2,19-12-6-7-13-19)15-18-22(20,21)14-8-11-16-9-4-3-5-10-16/h3-5,9-10,18H,6-8,11-15H2,1-2H3. The van der Waals surface area contributed by atoms with E-state index in [1.165, 1.54) is 18.4 Å². The molecule has 2 rings (SSSR count). The minimum absolute atomic E-state index is 0.108. The second-order valence-electron chi connectivity index (χ2n) is 6.74. The molecule has 124 valence electrons. The third-order valence-electron chi connectivity index (χ3n) is 4.41. The Morgan fingerprint density at radius 1 is 1.14 bits per heavy atom. The van der Waals surface area contributed by atoms with E-state index in [0.29, 0.717) is 13.0 Å². The van der Waals surface area contributed by atoms with Crippen molar-refractivity contribution in [3.05, 3.63) is 35.9 Å². The zero-order valence-electron chi connectivity index (χ0n) is 13.7. The molecule has 1 N–H and O–H groups in total. The van der Waals surface area contributed by atoms with Gasteiger partial charge in [-0.3, -0.25) is 4.90 Å². The van der Waals surface area contributed by atoms with E-state index >= 15 is 0 Å². The smallest absolute Gasteiger partial charge is 0.211 e. The second-order valence-corrected chi connectivity index (χ2v) is 8.66. The van der Waals surface area contributed by atoms with Gasteiger partial charge in [-0.1, -0.05) is 30.3 Å². The summed E-state index contributed by atoms with van der Waals surface area (Å²) < 4.78 is 27.1. The van der Waals surface area contributed by atoms with Gasteiger partial charge in [0.2, 0.25) is 10.0 Å². The van der Waals surface area contributed by atoms with Crippen LogP contribution in [0, 0.1) is 0 Å². The summed E-state index contributed by atoms with van der Waals surface area (Å²) in [5.41, 5.74) is 1.08. The van der Waals surface area contributed by atoms with Gasteiger partial charge in [0, 0.05) is 12.1 Å². The Kier molecular flexibility index (Phi) is 6.01. The van der Waals surface area contributed by atoms with Gasteiger partial charge in [-0.2, -0.15) is 0 Å². The number of nitrogens with one attached hydrogen (secondary N) is 1. The lowest BCUT2D eigenvalue weighted by atomic mass is 10.0. The van der Waals surface area contributed by atoms with Crippen LogP contribution in [0.4, 0.5) is 0 Å². The lowest BCUT2D eigenvalue weighted by molar-refractivity contribution is 0.158. The van der Waals surface area contributed by atoms with Crippen LogP contribution < -0.4 is 4.72 Å². The van der Waals surface area contributed by atoms with Crippen molar-refractivity contribution in [3.8, 4) is 0 Å². The summed E-state index contributed by atoms with van der Waals surface area (Å²) in [7, 11) is -3.19. The molecule has 1 aromatic carbocycles. The van der Waals surface area contributed by atoms with Gasteiger partial charge in [-0.25, -0.2) is 13.1 Å². The van der Waals surface area contributed by atoms with Crippen LogP contribution in [0.15, 0.2) is 30.3 Å². The van der Waals surface area contributed by atoms with E-state index in [0.717, 1.165) is 19.5 Å². The van der Waals surface area contributed by atoms with Crippen molar-refractivity contribution in [2.45, 2.75) is 45.1 Å². The van der Waals surface area contributed by atoms with E-state index in [4.69, 9.17) is 0 Å². The highest BCUT2D eigenvalue weighted by atomic mass is 32.2. The summed E-state index contributed by atoms with van der Waals surface area (Å²) >= 11 is 0. The van der Waals surface area contributed by atoms with E-state index < -0.39 is 10.0 Å². The van der Waals surface area contributed by atoms with Crippen molar-refractivity contribution in [1.82, 2.24) is 9.62 Å². The lowest BCUT2D eigenvalue weighted by Crippen LogP contribution is -2.50. The average Bonchev–Trinajstić information content (AvgIpc) is 3.02. The fraction of sp³-hybridized carbons (Fsp3) is 0.647. The van der Waals surface area contributed by atoms with Crippen LogP contribution in [-0.4, -0.2) is 44.2 Å². The predicted molar refractivity (Wildman–Crippen MR) is 91.4 cm³/mol. The van der Waals surface area contributed by atoms with Crippen LogP contribution >= 0.6 is 0 Å². The van der Waals surface area contributed by atoms with Crippen LogP contribution in [-0.2, 0) is 16.4 Å². The molecule has 0 atom stereocenters. The first-order valence-corrected chi connectivity index (χ1v) is 9.81. The summed E-state index contributed by atoms with van der Waals surface area (Å²) in [6, 6.07) is 10.0. The molecule has 1 aliphatic rings. The van der Waals surface area contributed by atoms with Crippen molar-refractivity contribution >= 4 is 10.0 Å². The molecule has 1 aromatic rings. The maximum absolute atomic E-state index is 12.2. The van der Waals surface area contributed by atoms with Crippen LogP contribution in [0.25, 0.3) is 0 Å². The summed E-state index contributed by atoms with van der Waals surface area (Å²) in [6.07, 6.45) is 3.89. The number of likely N-dealkylation sites (tertiary alicyclic amines) is 1. The first kappa shape index (κ1) is 17.4. The molecule has 0 aliphatic carbocycles. The largest absolute Gasteiger partial charge is 0.297 e. The molecule has 0 unspecified atom stereocenters. The number of benzene rings is 1. The van der Waals surface area contributed by atoms with Crippen molar-refractivity contribution in [2.75, 3.05) is 25.4 Å². The lowest BCUT2D eigenvalue weighted by Gasteiger charge is -2.35. The average molecular weight is 324 g/mol. The quantitative estimate of drug-likeness (QED) is 0.799. The molecule has 0 radical (unpaired) electrons. The normalized spacial score (nSPS) is 17.0. The first-order chi connectivity index (χ1) is 10.4. The number of aryl methyl sites for hydroxylation is 1. The van der Waals surface area contributed by atoms with Gasteiger partial charge < -0.3 is 0 Å². The molecule has 0 bridgehead atoms. The van der Waals surface area contributed by atoms with Crippen LogP contribution in [0.1, 0.15) is 38.7 Å². The maximum atomic E-state index is 12.2. The molecule has 1 heterocycles. The molecule has 0 aromatic heterocycles. The van der Waals surface area contributed by atoms with E-state index in [9.17, 15) is 8.42 Å². The van der Waals surface area contributed by atoms with Gasteiger partial charge in [0.1, 0.15) is 0 Å². The zero-order chi connectivity index (χ0) is 16.1. The third kappa shape index (κ3) is 5.38. The van der Waals surface area contributed by atoms with E-state index in [1.807, 2.05) is 30.3 Å². The topological polar surface area (TPSA) is 49.4 Å². The van der Waals surface area contributed by atoms with Crippen molar-refractivity contribution in [2.24, 2.45) is 0 Å². The summed E-state index contributed by atoms with van der Waals surface area (Å²) in [5, 5.41) is 0. The van der Waals surface area contributed by atoms with Crippen molar-refractivity contribution in [1.29, 1.82) is 0 Å². The van der Waals surface area contributed by atoms with Crippen molar-refractivity contribution < 1.29 is 8.42 Å². The second kappa shape index (κ2) is 7.57. The van der Waals surface area contributed by atoms with E-state index in [-0.39, 0.29) is 11.3 Å². The van der Waals surface area contributed by atoms with Crippen LogP contribution in [0.2, 0.25) is 0 Å². The molecule has 4 nitrogen and oxygen atoms in total. The number of rotatable bonds is 8. The molecule has 5 heteroatoms. The fourth-order valence-electron chi connectivity index (χ4n) is 2.90. The van der Waals surface area contributed by atoms with Gasteiger partial charge >= 0.3 is 0 Å². The summed E-state index contributed by atoms with van der Waals surface area (Å²) in [4.78, 5) is 2.37. The van der Waals surface area contributed by atoms with Crippen LogP contribution in [0.3, 0.4) is 0 Å². The highest BCUT2D eigenvalue weighted by molar-refractivity contribution is 7.89.